The Hall–Kier alpha value is -1.90. The number of H-pyrrole nitrogens is 1. The van der Waals surface area contributed by atoms with Gasteiger partial charge in [-0.25, -0.2) is 4.98 Å². The van der Waals surface area contributed by atoms with Crippen molar-refractivity contribution in [2.45, 2.75) is 5.75 Å². The second-order valence-electron chi connectivity index (χ2n) is 4.58. The van der Waals surface area contributed by atoms with E-state index >= 15 is 0 Å². The predicted octanol–water partition coefficient (Wildman–Crippen LogP) is 3.45. The van der Waals surface area contributed by atoms with Crippen molar-refractivity contribution in [2.24, 2.45) is 10.7 Å². The van der Waals surface area contributed by atoms with Crippen LogP contribution >= 0.6 is 34.4 Å². The molecule has 5 nitrogen and oxygen atoms in total. The number of nitrogens with two attached hydrogens (primary N) is 1. The van der Waals surface area contributed by atoms with Crippen LogP contribution in [0.5, 0.6) is 0 Å². The first-order chi connectivity index (χ1) is 11.2. The summed E-state index contributed by atoms with van der Waals surface area (Å²) in [6, 6.07) is 3.98. The van der Waals surface area contributed by atoms with Gasteiger partial charge in [0.05, 0.1) is 17.7 Å². The average Bonchev–Trinajstić information content (AvgIpc) is 3.19. The van der Waals surface area contributed by atoms with Gasteiger partial charge >= 0.3 is 0 Å². The molecule has 23 heavy (non-hydrogen) atoms. The number of thiophene rings is 2. The Bertz CT molecular complexity index is 909. The topological polar surface area (TPSA) is 84.1 Å². The third-order valence-corrected chi connectivity index (χ3v) is 5.63. The molecule has 3 aromatic rings. The standard InChI is InChI=1S/C15H14N4OS3/c1-2-5-17-15(16)23-8-11-18-13(20)12-9(7-22-14(12)19-11)10-4-3-6-21-10/h2-4,6-7H,1,5,8H2,(H2,16,17)(H,18,19,20). The fraction of sp³-hybridized carbons (Fsp3) is 0.133. The molecule has 0 spiro atoms. The van der Waals surface area contributed by atoms with Crippen LogP contribution in [0.2, 0.25) is 0 Å². The summed E-state index contributed by atoms with van der Waals surface area (Å²) in [7, 11) is 0. The molecule has 0 radical (unpaired) electrons. The van der Waals surface area contributed by atoms with Gasteiger partial charge in [0.2, 0.25) is 0 Å². The van der Waals surface area contributed by atoms with Gasteiger partial charge in [0.1, 0.15) is 10.7 Å². The third kappa shape index (κ3) is 3.54. The third-order valence-electron chi connectivity index (χ3n) is 3.01. The number of amidine groups is 1. The van der Waals surface area contributed by atoms with Crippen LogP contribution in [-0.2, 0) is 5.75 Å². The van der Waals surface area contributed by atoms with E-state index in [0.29, 0.717) is 28.7 Å². The molecular weight excluding hydrogens is 348 g/mol. The number of aliphatic imine (C=N–C) groups is 1. The first kappa shape index (κ1) is 16.0. The zero-order valence-electron chi connectivity index (χ0n) is 12.1. The second-order valence-corrected chi connectivity index (χ2v) is 7.38. The van der Waals surface area contributed by atoms with Crippen LogP contribution in [0, 0.1) is 0 Å². The molecule has 0 aliphatic rings. The zero-order valence-corrected chi connectivity index (χ0v) is 14.6. The monoisotopic (exact) mass is 362 g/mol. The molecule has 0 saturated heterocycles. The van der Waals surface area contributed by atoms with Crippen molar-refractivity contribution in [1.29, 1.82) is 0 Å². The Kier molecular flexibility index (Phi) is 4.94. The normalized spacial score (nSPS) is 11.9. The smallest absolute Gasteiger partial charge is 0.260 e. The summed E-state index contributed by atoms with van der Waals surface area (Å²) >= 11 is 4.44. The summed E-state index contributed by atoms with van der Waals surface area (Å²) in [6.07, 6.45) is 1.68. The lowest BCUT2D eigenvalue weighted by atomic mass is 10.2. The summed E-state index contributed by atoms with van der Waals surface area (Å²) in [5, 5.41) is 5.09. The first-order valence-corrected chi connectivity index (χ1v) is 9.51. The van der Waals surface area contributed by atoms with E-state index in [4.69, 9.17) is 5.73 Å². The highest BCUT2D eigenvalue weighted by atomic mass is 32.2. The van der Waals surface area contributed by atoms with Gasteiger partial charge in [-0.05, 0) is 11.4 Å². The molecule has 0 amide bonds. The second kappa shape index (κ2) is 7.12. The average molecular weight is 363 g/mol. The first-order valence-electron chi connectivity index (χ1n) is 6.77. The van der Waals surface area contributed by atoms with Crippen LogP contribution in [0.4, 0.5) is 0 Å². The predicted molar refractivity (Wildman–Crippen MR) is 102 cm³/mol. The van der Waals surface area contributed by atoms with E-state index in [9.17, 15) is 4.79 Å². The highest BCUT2D eigenvalue weighted by Gasteiger charge is 2.13. The number of fused-ring (bicyclic) bond motifs is 1. The molecule has 0 aromatic carbocycles. The van der Waals surface area contributed by atoms with Crippen molar-refractivity contribution in [2.75, 3.05) is 6.54 Å². The number of hydrogen-bond acceptors (Lipinski definition) is 6. The minimum atomic E-state index is -0.114. The van der Waals surface area contributed by atoms with Crippen molar-refractivity contribution >= 4 is 49.8 Å². The molecule has 118 valence electrons. The lowest BCUT2D eigenvalue weighted by molar-refractivity contribution is 1.05. The van der Waals surface area contributed by atoms with Gasteiger partial charge in [0.25, 0.3) is 5.56 Å². The summed E-state index contributed by atoms with van der Waals surface area (Å²) in [4.78, 5) is 25.7. The summed E-state index contributed by atoms with van der Waals surface area (Å²) in [5.74, 6) is 1.08. The number of nitrogens with zero attached hydrogens (tertiary/aromatic N) is 2. The number of thioether (sulfide) groups is 1. The van der Waals surface area contributed by atoms with Crippen molar-refractivity contribution in [1.82, 2.24) is 9.97 Å². The van der Waals surface area contributed by atoms with Crippen molar-refractivity contribution in [3.63, 3.8) is 0 Å². The lowest BCUT2D eigenvalue weighted by Crippen LogP contribution is -2.13. The molecule has 3 N–H and O–H groups in total. The van der Waals surface area contributed by atoms with Gasteiger partial charge in [-0.1, -0.05) is 23.9 Å². The molecule has 0 bridgehead atoms. The van der Waals surface area contributed by atoms with Crippen LogP contribution < -0.4 is 11.3 Å². The van der Waals surface area contributed by atoms with Gasteiger partial charge in [-0.3, -0.25) is 9.79 Å². The molecule has 3 rings (SSSR count). The maximum Gasteiger partial charge on any atom is 0.260 e. The summed E-state index contributed by atoms with van der Waals surface area (Å²) in [6.45, 7) is 4.07. The molecule has 0 unspecified atom stereocenters. The quantitative estimate of drug-likeness (QED) is 0.414. The Morgan fingerprint density at radius 3 is 3.13 bits per heavy atom. The minimum absolute atomic E-state index is 0.114. The van der Waals surface area contributed by atoms with Gasteiger partial charge in [0.15, 0.2) is 5.17 Å². The van der Waals surface area contributed by atoms with Crippen LogP contribution in [-0.4, -0.2) is 21.7 Å². The molecule has 0 aliphatic heterocycles. The molecule has 0 aliphatic carbocycles. The van der Waals surface area contributed by atoms with Crippen molar-refractivity contribution < 1.29 is 0 Å². The van der Waals surface area contributed by atoms with Gasteiger partial charge in [0, 0.05) is 15.8 Å². The van der Waals surface area contributed by atoms with Crippen molar-refractivity contribution in [3.05, 3.63) is 51.7 Å². The van der Waals surface area contributed by atoms with Gasteiger partial charge in [-0.15, -0.1) is 29.3 Å². The van der Waals surface area contributed by atoms with E-state index in [1.165, 1.54) is 23.1 Å². The number of hydrogen-bond donors (Lipinski definition) is 2. The van der Waals surface area contributed by atoms with Crippen LogP contribution in [0.25, 0.3) is 20.7 Å². The highest BCUT2D eigenvalue weighted by Crippen LogP contribution is 2.33. The van der Waals surface area contributed by atoms with E-state index in [0.717, 1.165) is 15.3 Å². The zero-order chi connectivity index (χ0) is 16.2. The van der Waals surface area contributed by atoms with Crippen molar-refractivity contribution in [3.8, 4) is 10.4 Å². The minimum Gasteiger partial charge on any atom is -0.379 e. The largest absolute Gasteiger partial charge is 0.379 e. The molecule has 3 aromatic heterocycles. The van der Waals surface area contributed by atoms with Crippen LogP contribution in [0.15, 0.2) is 45.3 Å². The number of aromatic amines is 1. The van der Waals surface area contributed by atoms with E-state index in [1.807, 2.05) is 22.9 Å². The molecule has 3 heterocycles. The number of rotatable bonds is 5. The Morgan fingerprint density at radius 2 is 2.39 bits per heavy atom. The van der Waals surface area contributed by atoms with E-state index < -0.39 is 0 Å². The fourth-order valence-corrected chi connectivity index (χ4v) is 4.39. The number of aromatic nitrogens is 2. The molecule has 0 fully saturated rings. The highest BCUT2D eigenvalue weighted by molar-refractivity contribution is 8.13. The van der Waals surface area contributed by atoms with Gasteiger partial charge in [-0.2, -0.15) is 0 Å². The van der Waals surface area contributed by atoms with E-state index in [1.54, 1.807) is 17.4 Å². The maximum atomic E-state index is 12.4. The molecule has 8 heteroatoms. The number of nitrogens with one attached hydrogen (secondary N) is 1. The molecule has 0 atom stereocenters. The van der Waals surface area contributed by atoms with E-state index in [-0.39, 0.29) is 5.56 Å². The van der Waals surface area contributed by atoms with Crippen LogP contribution in [0.3, 0.4) is 0 Å². The van der Waals surface area contributed by atoms with E-state index in [2.05, 4.69) is 21.5 Å². The fourth-order valence-electron chi connectivity index (χ4n) is 2.02. The Morgan fingerprint density at radius 1 is 1.52 bits per heavy atom. The summed E-state index contributed by atoms with van der Waals surface area (Å²) in [5.41, 5.74) is 6.61. The Balaban J connectivity index is 1.88. The SMILES string of the molecule is C=CCN=C(N)SCc1nc2scc(-c3cccs3)c2c(=O)[nH]1. The maximum absolute atomic E-state index is 12.4. The molecular formula is C15H14N4OS3. The lowest BCUT2D eigenvalue weighted by Gasteiger charge is -2.01. The summed E-state index contributed by atoms with van der Waals surface area (Å²) < 4.78 is 0. The van der Waals surface area contributed by atoms with Gasteiger partial charge < -0.3 is 10.7 Å². The Labute approximate surface area is 145 Å². The van der Waals surface area contributed by atoms with Crippen LogP contribution in [0.1, 0.15) is 5.82 Å². The molecule has 0 saturated carbocycles.